The van der Waals surface area contributed by atoms with Crippen molar-refractivity contribution < 1.29 is 14.3 Å². The van der Waals surface area contributed by atoms with Crippen molar-refractivity contribution >= 4 is 11.6 Å². The lowest BCUT2D eigenvalue weighted by molar-refractivity contribution is -0.116. The number of para-hydroxylation sites is 1. The van der Waals surface area contributed by atoms with E-state index in [9.17, 15) is 4.79 Å². The Morgan fingerprint density at radius 1 is 1.24 bits per heavy atom. The maximum absolute atomic E-state index is 11.9. The Morgan fingerprint density at radius 3 is 2.86 bits per heavy atom. The van der Waals surface area contributed by atoms with E-state index >= 15 is 0 Å². The summed E-state index contributed by atoms with van der Waals surface area (Å²) in [5.74, 6) is 6.51. The number of hydrogen-bond donors (Lipinski definition) is 2. The first kappa shape index (κ1) is 14.9. The summed E-state index contributed by atoms with van der Waals surface area (Å²) in [6.45, 7) is 0.0324. The fraction of sp³-hybridized carbons (Fsp3) is 0.235. The number of aliphatic hydroxyl groups is 1. The van der Waals surface area contributed by atoms with Crippen LogP contribution in [0, 0.1) is 11.8 Å². The van der Waals surface area contributed by atoms with Gasteiger partial charge in [0.1, 0.15) is 5.76 Å². The van der Waals surface area contributed by atoms with Crippen molar-refractivity contribution in [2.24, 2.45) is 0 Å². The molecule has 0 aliphatic rings. The van der Waals surface area contributed by atoms with Gasteiger partial charge in [-0.05, 0) is 24.3 Å². The second-order valence-electron chi connectivity index (χ2n) is 4.45. The molecule has 4 heteroatoms. The van der Waals surface area contributed by atoms with Crippen LogP contribution in [0.2, 0.25) is 0 Å². The zero-order valence-corrected chi connectivity index (χ0v) is 11.6. The molecule has 0 aliphatic heterocycles. The number of furan rings is 1. The van der Waals surface area contributed by atoms with Crippen molar-refractivity contribution in [1.82, 2.24) is 0 Å². The summed E-state index contributed by atoms with van der Waals surface area (Å²) in [7, 11) is 0. The predicted molar refractivity (Wildman–Crippen MR) is 80.7 cm³/mol. The second kappa shape index (κ2) is 7.93. The number of benzene rings is 1. The quantitative estimate of drug-likeness (QED) is 0.829. The number of nitrogens with one attached hydrogen (secondary N) is 1. The number of aliphatic hydroxyl groups excluding tert-OH is 1. The Morgan fingerprint density at radius 2 is 2.10 bits per heavy atom. The highest BCUT2D eigenvalue weighted by molar-refractivity contribution is 5.92. The van der Waals surface area contributed by atoms with E-state index in [0.717, 1.165) is 11.3 Å². The van der Waals surface area contributed by atoms with Gasteiger partial charge in [-0.3, -0.25) is 4.79 Å². The Labute approximate surface area is 123 Å². The van der Waals surface area contributed by atoms with Crippen molar-refractivity contribution in [1.29, 1.82) is 0 Å². The van der Waals surface area contributed by atoms with Crippen LogP contribution in [-0.2, 0) is 11.2 Å². The summed E-state index contributed by atoms with van der Waals surface area (Å²) in [6.07, 6.45) is 2.93. The Hall–Kier alpha value is -2.51. The van der Waals surface area contributed by atoms with Crippen LogP contribution in [0.1, 0.15) is 24.2 Å². The van der Waals surface area contributed by atoms with Crippen LogP contribution in [0.25, 0.3) is 0 Å². The summed E-state index contributed by atoms with van der Waals surface area (Å²) < 4.78 is 5.20. The third-order valence-corrected chi connectivity index (χ3v) is 2.84. The molecular formula is C17H17NO3. The van der Waals surface area contributed by atoms with E-state index in [4.69, 9.17) is 9.52 Å². The molecule has 0 saturated carbocycles. The second-order valence-corrected chi connectivity index (χ2v) is 4.45. The van der Waals surface area contributed by atoms with Crippen LogP contribution < -0.4 is 5.32 Å². The van der Waals surface area contributed by atoms with Crippen molar-refractivity contribution in [3.8, 4) is 11.8 Å². The third-order valence-electron chi connectivity index (χ3n) is 2.84. The molecular weight excluding hydrogens is 266 g/mol. The summed E-state index contributed by atoms with van der Waals surface area (Å²) in [6, 6.07) is 11.0. The van der Waals surface area contributed by atoms with Gasteiger partial charge < -0.3 is 14.8 Å². The topological polar surface area (TPSA) is 62.5 Å². The van der Waals surface area contributed by atoms with Gasteiger partial charge in [-0.2, -0.15) is 0 Å². The van der Waals surface area contributed by atoms with Gasteiger partial charge in [0.2, 0.25) is 5.91 Å². The molecule has 0 spiro atoms. The molecule has 1 amide bonds. The van der Waals surface area contributed by atoms with Gasteiger partial charge in [0.25, 0.3) is 0 Å². The van der Waals surface area contributed by atoms with Crippen LogP contribution in [-0.4, -0.2) is 17.6 Å². The lowest BCUT2D eigenvalue weighted by Crippen LogP contribution is -2.13. The standard InChI is InChI=1S/C17H17NO3/c19-12-4-3-7-14-6-1-2-9-16(14)18-17(20)11-10-15-8-5-13-21-15/h1-2,5-6,8-9,13,19H,4,10-12H2,(H,18,20). The van der Waals surface area contributed by atoms with E-state index in [2.05, 4.69) is 17.2 Å². The van der Waals surface area contributed by atoms with E-state index in [1.807, 2.05) is 30.3 Å². The van der Waals surface area contributed by atoms with Crippen LogP contribution in [0.15, 0.2) is 47.1 Å². The van der Waals surface area contributed by atoms with E-state index in [1.54, 1.807) is 12.3 Å². The first-order chi connectivity index (χ1) is 10.3. The number of carbonyl (C=O) groups excluding carboxylic acids is 1. The highest BCUT2D eigenvalue weighted by atomic mass is 16.3. The molecule has 0 aliphatic carbocycles. The number of anilines is 1. The maximum atomic E-state index is 11.9. The number of aryl methyl sites for hydroxylation is 1. The zero-order chi connectivity index (χ0) is 14.9. The van der Waals surface area contributed by atoms with E-state index in [-0.39, 0.29) is 12.5 Å². The minimum atomic E-state index is -0.0807. The van der Waals surface area contributed by atoms with E-state index in [1.165, 1.54) is 0 Å². The first-order valence-corrected chi connectivity index (χ1v) is 6.80. The van der Waals surface area contributed by atoms with Gasteiger partial charge in [-0.1, -0.05) is 24.0 Å². The molecule has 0 unspecified atom stereocenters. The Balaban J connectivity index is 1.95. The number of amides is 1. The molecule has 0 radical (unpaired) electrons. The maximum Gasteiger partial charge on any atom is 0.224 e. The van der Waals surface area contributed by atoms with Gasteiger partial charge in [0.15, 0.2) is 0 Å². The number of rotatable bonds is 5. The normalized spacial score (nSPS) is 9.76. The van der Waals surface area contributed by atoms with Gasteiger partial charge in [-0.25, -0.2) is 0 Å². The van der Waals surface area contributed by atoms with E-state index < -0.39 is 0 Å². The summed E-state index contributed by atoms with van der Waals surface area (Å²) in [5.41, 5.74) is 1.43. The van der Waals surface area contributed by atoms with Gasteiger partial charge in [0, 0.05) is 24.8 Å². The minimum absolute atomic E-state index is 0.0324. The molecule has 4 nitrogen and oxygen atoms in total. The van der Waals surface area contributed by atoms with Crippen LogP contribution in [0.5, 0.6) is 0 Å². The van der Waals surface area contributed by atoms with Crippen molar-refractivity contribution in [3.63, 3.8) is 0 Å². The molecule has 1 aromatic carbocycles. The van der Waals surface area contributed by atoms with Crippen molar-refractivity contribution in [3.05, 3.63) is 54.0 Å². The number of hydrogen-bond acceptors (Lipinski definition) is 3. The van der Waals surface area contributed by atoms with Crippen LogP contribution in [0.4, 0.5) is 5.69 Å². The SMILES string of the molecule is O=C(CCc1ccco1)Nc1ccccc1C#CCCO. The zero-order valence-electron chi connectivity index (χ0n) is 11.6. The van der Waals surface area contributed by atoms with Crippen molar-refractivity contribution in [2.45, 2.75) is 19.3 Å². The van der Waals surface area contributed by atoms with Crippen LogP contribution >= 0.6 is 0 Å². The molecule has 1 heterocycles. The molecule has 21 heavy (non-hydrogen) atoms. The molecule has 2 N–H and O–H groups in total. The molecule has 2 aromatic rings. The highest BCUT2D eigenvalue weighted by Gasteiger charge is 2.06. The van der Waals surface area contributed by atoms with E-state index in [0.29, 0.717) is 24.9 Å². The van der Waals surface area contributed by atoms with Crippen LogP contribution in [0.3, 0.4) is 0 Å². The molecule has 2 rings (SSSR count). The first-order valence-electron chi connectivity index (χ1n) is 6.80. The molecule has 1 aromatic heterocycles. The molecule has 0 saturated heterocycles. The van der Waals surface area contributed by atoms with Gasteiger partial charge in [-0.15, -0.1) is 0 Å². The molecule has 0 atom stereocenters. The molecule has 0 fully saturated rings. The largest absolute Gasteiger partial charge is 0.469 e. The monoisotopic (exact) mass is 283 g/mol. The third kappa shape index (κ3) is 4.83. The predicted octanol–water partition coefficient (Wildman–Crippen LogP) is 2.58. The smallest absolute Gasteiger partial charge is 0.224 e. The lowest BCUT2D eigenvalue weighted by atomic mass is 10.1. The summed E-state index contributed by atoms with van der Waals surface area (Å²) in [5, 5.41) is 11.6. The minimum Gasteiger partial charge on any atom is -0.469 e. The van der Waals surface area contributed by atoms with Gasteiger partial charge in [0.05, 0.1) is 18.6 Å². The lowest BCUT2D eigenvalue weighted by Gasteiger charge is -2.06. The van der Waals surface area contributed by atoms with Gasteiger partial charge >= 0.3 is 0 Å². The molecule has 0 bridgehead atoms. The summed E-state index contributed by atoms with van der Waals surface area (Å²) >= 11 is 0. The van der Waals surface area contributed by atoms with Crippen molar-refractivity contribution in [2.75, 3.05) is 11.9 Å². The Kier molecular flexibility index (Phi) is 5.62. The molecule has 108 valence electrons. The average Bonchev–Trinajstić information content (AvgIpc) is 3.00. The Bertz CT molecular complexity index is 636. The summed E-state index contributed by atoms with van der Waals surface area (Å²) in [4.78, 5) is 11.9. The highest BCUT2D eigenvalue weighted by Crippen LogP contribution is 2.14. The number of carbonyl (C=O) groups is 1. The fourth-order valence-corrected chi connectivity index (χ4v) is 1.82. The fourth-order valence-electron chi connectivity index (χ4n) is 1.82. The average molecular weight is 283 g/mol.